The second kappa shape index (κ2) is 33.7. The van der Waals surface area contributed by atoms with Gasteiger partial charge in [0.1, 0.15) is 195 Å². The van der Waals surface area contributed by atoms with Crippen LogP contribution in [-0.2, 0) is 75.8 Å². The predicted molar refractivity (Wildman–Crippen MR) is 280 cm³/mol. The van der Waals surface area contributed by atoms with Gasteiger partial charge in [-0.15, -0.1) is 0 Å². The van der Waals surface area contributed by atoms with E-state index in [-0.39, 0.29) is 0 Å². The van der Waals surface area contributed by atoms with E-state index in [1.54, 1.807) is 0 Å². The van der Waals surface area contributed by atoms with Crippen LogP contribution in [-0.4, -0.2) is 444 Å². The molecule has 42 nitrogen and oxygen atoms in total. The average molecular weight is 1370 g/mol. The molecule has 0 amide bonds. The van der Waals surface area contributed by atoms with Crippen molar-refractivity contribution in [2.45, 2.75) is 259 Å². The zero-order valence-electron chi connectivity index (χ0n) is 49.2. The van der Waals surface area contributed by atoms with Gasteiger partial charge >= 0.3 is 0 Å². The van der Waals surface area contributed by atoms with Crippen LogP contribution in [0.3, 0.4) is 0 Å². The van der Waals surface area contributed by atoms with Gasteiger partial charge in [-0.1, -0.05) is 0 Å². The Morgan fingerprint density at radius 2 is 0.677 bits per heavy atom. The molecule has 0 aliphatic carbocycles. The van der Waals surface area contributed by atoms with Crippen molar-refractivity contribution in [2.24, 2.45) is 0 Å². The Morgan fingerprint density at radius 1 is 0.323 bits per heavy atom. The van der Waals surface area contributed by atoms with Gasteiger partial charge in [0, 0.05) is 0 Å². The van der Waals surface area contributed by atoms with Crippen LogP contribution < -0.4 is 0 Å². The monoisotopic (exact) mass is 1370 g/mol. The van der Waals surface area contributed by atoms with Crippen molar-refractivity contribution >= 4 is 0 Å². The number of rotatable bonds is 25. The molecule has 42 heteroatoms. The Bertz CT molecular complexity index is 2230. The van der Waals surface area contributed by atoms with Crippen LogP contribution in [0, 0.1) is 0 Å². The Hall–Kier alpha value is -1.68. The highest BCUT2D eigenvalue weighted by atomic mass is 16.8. The summed E-state index contributed by atoms with van der Waals surface area (Å²) in [5.74, 6) is 0. The average Bonchev–Trinajstić information content (AvgIpc) is 0.787. The summed E-state index contributed by atoms with van der Waals surface area (Å²) < 4.78 is 91.7. The lowest BCUT2D eigenvalue weighted by molar-refractivity contribution is -0.396. The summed E-state index contributed by atoms with van der Waals surface area (Å²) in [4.78, 5) is 0. The molecule has 26 N–H and O–H groups in total. The first-order chi connectivity index (χ1) is 43.9. The smallest absolute Gasteiger partial charge is 0.187 e. The molecular weight excluding hydrogens is 1280 g/mol. The summed E-state index contributed by atoms with van der Waals surface area (Å²) in [6.07, 6.45) is -82.4. The quantitative estimate of drug-likeness (QED) is 0.0404. The lowest BCUT2D eigenvalue weighted by Crippen LogP contribution is -2.67. The normalized spacial score (nSPS) is 50.8. The summed E-state index contributed by atoms with van der Waals surface area (Å²) in [6.45, 7) is -6.91. The molecule has 8 rings (SSSR count). The molecule has 93 heavy (non-hydrogen) atoms. The van der Waals surface area contributed by atoms with Crippen molar-refractivity contribution in [1.82, 2.24) is 0 Å². The molecule has 0 unspecified atom stereocenters. The number of aliphatic hydroxyl groups is 26. The fraction of sp³-hybridized carbons (Fsp3) is 1.00. The van der Waals surface area contributed by atoms with Gasteiger partial charge in [0.15, 0.2) is 50.3 Å². The highest BCUT2D eigenvalue weighted by molar-refractivity contribution is 5.00. The standard InChI is InChI=1S/C51H88O42/c1-11-21(60)28(67)35(74)46(84-11)92-43-30(69)26(65)17(4-54)85-51(43)93-42-25(64)16(59)7-80-50(42)83-10-20-41(31(70)37(76)48(87-20)89-39(13(56)3-53)24(63)12(55)2-52)91-49-38(77)32(71)40(19(88-49)9-82-45-34(73)23(62)15(58)6-79-45)90-47-36(75)29(68)27(66)18(86-47)8-81-44-33(72)22(61)14(57)5-78-44/h11-77H,2-10H2,1H3/t11-,12-,13+,14+,15+,16+,17+,18+,19+,20+,21+,22-,23-,24+,25-,26-,27+,28+,29-,30-,31+,32+,33+,34+,35-,36+,37+,38+,39+,40+,41+,42+,43+,44+,45+,46-,47-,48-,49-,50+,51-/m0/s1. The third kappa shape index (κ3) is 17.2. The van der Waals surface area contributed by atoms with Crippen LogP contribution in [0.15, 0.2) is 0 Å². The van der Waals surface area contributed by atoms with E-state index in [2.05, 4.69) is 0 Å². The van der Waals surface area contributed by atoms with E-state index < -0.39 is 311 Å². The Kier molecular flexibility index (Phi) is 27.9. The van der Waals surface area contributed by atoms with Crippen LogP contribution in [0.2, 0.25) is 0 Å². The Balaban J connectivity index is 1.07. The third-order valence-electron chi connectivity index (χ3n) is 17.1. The molecule has 0 bridgehead atoms. The van der Waals surface area contributed by atoms with E-state index in [1.165, 1.54) is 6.92 Å². The van der Waals surface area contributed by atoms with Gasteiger partial charge in [-0.25, -0.2) is 0 Å². The first-order valence-electron chi connectivity index (χ1n) is 29.7. The minimum Gasteiger partial charge on any atom is -0.394 e. The summed E-state index contributed by atoms with van der Waals surface area (Å²) in [7, 11) is 0. The topological polar surface area (TPSA) is 674 Å². The fourth-order valence-electron chi connectivity index (χ4n) is 11.3. The molecule has 8 aliphatic heterocycles. The van der Waals surface area contributed by atoms with Crippen molar-refractivity contribution < 1.29 is 209 Å². The molecule has 544 valence electrons. The SMILES string of the molecule is C[C@@H]1O[C@@H](O[C@H]2[C@H](O[C@H]3[C@@H](OC[C@H]4O[C@@H](O[C@@H]([C@H](O)[C@@H](O)CO)[C@H](O)CO)[C@H](O)[C@@H](O)[C@@H]4O[C@@H]4O[C@H](CO[C@H]5OC[C@@H](O)[C@H](O)[C@H]5O)[C@@H](O[C@@H]5O[C@H](CO[C@H]6OC[C@@H](O)[C@H](O)[C@H]6O)[C@@H](O)[C@H](O)[C@H]5O)[C@H](O)[C@H]4O)OC[C@@H](O)[C@@H]3O)O[C@H](CO)[C@H](O)[C@@H]2O)[C@@H](O)[C@H](O)[C@@H]1O. The maximum Gasteiger partial charge on any atom is 0.187 e. The van der Waals surface area contributed by atoms with Crippen molar-refractivity contribution in [3.8, 4) is 0 Å². The molecule has 0 aromatic carbocycles. The lowest BCUT2D eigenvalue weighted by Gasteiger charge is -2.49. The number of ether oxygens (including phenoxy) is 16. The molecule has 0 aromatic heterocycles. The van der Waals surface area contributed by atoms with Crippen LogP contribution >= 0.6 is 0 Å². The Labute approximate surface area is 525 Å². The van der Waals surface area contributed by atoms with Crippen LogP contribution in [0.1, 0.15) is 6.92 Å². The first kappa shape index (κ1) is 77.1. The molecule has 0 saturated carbocycles. The maximum atomic E-state index is 12.0. The van der Waals surface area contributed by atoms with E-state index in [9.17, 15) is 133 Å². The summed E-state index contributed by atoms with van der Waals surface area (Å²) in [6, 6.07) is 0. The molecule has 0 aromatic rings. The van der Waals surface area contributed by atoms with E-state index in [0.29, 0.717) is 0 Å². The molecule has 8 saturated heterocycles. The van der Waals surface area contributed by atoms with Gasteiger partial charge in [-0.05, 0) is 6.92 Å². The van der Waals surface area contributed by atoms with E-state index in [1.807, 2.05) is 0 Å². The van der Waals surface area contributed by atoms with Gasteiger partial charge in [-0.2, -0.15) is 0 Å². The molecule has 8 aliphatic rings. The highest BCUT2D eigenvalue weighted by Gasteiger charge is 2.58. The third-order valence-corrected chi connectivity index (χ3v) is 17.1. The maximum absolute atomic E-state index is 12.0. The predicted octanol–water partition coefficient (Wildman–Crippen LogP) is -18.0. The number of hydrogen-bond acceptors (Lipinski definition) is 42. The van der Waals surface area contributed by atoms with Crippen LogP contribution in [0.25, 0.3) is 0 Å². The van der Waals surface area contributed by atoms with Crippen molar-refractivity contribution in [2.75, 3.05) is 59.5 Å². The summed E-state index contributed by atoms with van der Waals surface area (Å²) in [5, 5.41) is 280. The van der Waals surface area contributed by atoms with Gasteiger partial charge in [0.25, 0.3) is 0 Å². The molecule has 8 fully saturated rings. The molecule has 41 atom stereocenters. The largest absolute Gasteiger partial charge is 0.394 e. The second-order valence-electron chi connectivity index (χ2n) is 23.7. The van der Waals surface area contributed by atoms with E-state index in [0.717, 1.165) is 0 Å². The second-order valence-corrected chi connectivity index (χ2v) is 23.7. The fourth-order valence-corrected chi connectivity index (χ4v) is 11.3. The highest BCUT2D eigenvalue weighted by Crippen LogP contribution is 2.37. The molecule has 0 spiro atoms. The van der Waals surface area contributed by atoms with Gasteiger partial charge in [0.2, 0.25) is 0 Å². The molecule has 8 heterocycles. The van der Waals surface area contributed by atoms with E-state index >= 15 is 0 Å². The zero-order valence-corrected chi connectivity index (χ0v) is 49.2. The van der Waals surface area contributed by atoms with Gasteiger partial charge < -0.3 is 209 Å². The lowest BCUT2D eigenvalue weighted by atomic mass is 9.95. The van der Waals surface area contributed by atoms with Crippen molar-refractivity contribution in [3.05, 3.63) is 0 Å². The Morgan fingerprint density at radius 3 is 1.19 bits per heavy atom. The number of hydrogen-bond donors (Lipinski definition) is 26. The summed E-state index contributed by atoms with van der Waals surface area (Å²) in [5.41, 5.74) is 0. The van der Waals surface area contributed by atoms with Gasteiger partial charge in [-0.3, -0.25) is 0 Å². The molecule has 0 radical (unpaired) electrons. The minimum atomic E-state index is -2.45. The minimum absolute atomic E-state index is 0.517. The van der Waals surface area contributed by atoms with Crippen LogP contribution in [0.5, 0.6) is 0 Å². The van der Waals surface area contributed by atoms with Crippen molar-refractivity contribution in [1.29, 1.82) is 0 Å². The van der Waals surface area contributed by atoms with Gasteiger partial charge in [0.05, 0.1) is 65.6 Å². The number of aliphatic hydroxyl groups excluding tert-OH is 26. The van der Waals surface area contributed by atoms with Crippen LogP contribution in [0.4, 0.5) is 0 Å². The van der Waals surface area contributed by atoms with E-state index in [4.69, 9.17) is 75.8 Å². The zero-order chi connectivity index (χ0) is 68.3. The first-order valence-corrected chi connectivity index (χ1v) is 29.7. The van der Waals surface area contributed by atoms with Crippen molar-refractivity contribution in [3.63, 3.8) is 0 Å². The summed E-state index contributed by atoms with van der Waals surface area (Å²) >= 11 is 0. The molecular formula is C51H88O42.